The standard InChI is InChI=1S/C31H22N2/c1-3-9-25-22(6-1)8-5-11-29(25)33-30-20-24(21-16-18-32-19-17-21)13-14-27(30)28-15-12-23-7-2-4-10-26(23)31(28)33/h1-18,20,32H,19H2. The van der Waals surface area contributed by atoms with E-state index in [4.69, 9.17) is 0 Å². The van der Waals surface area contributed by atoms with Crippen LogP contribution in [0.25, 0.3) is 54.6 Å². The van der Waals surface area contributed by atoms with Crippen molar-refractivity contribution in [3.8, 4) is 5.69 Å². The first-order valence-corrected chi connectivity index (χ1v) is 11.4. The Morgan fingerprint density at radius 3 is 2.24 bits per heavy atom. The molecule has 2 heteroatoms. The molecule has 0 unspecified atom stereocenters. The first kappa shape index (κ1) is 18.3. The molecule has 33 heavy (non-hydrogen) atoms. The average Bonchev–Trinajstić information content (AvgIpc) is 3.23. The second kappa shape index (κ2) is 7.11. The van der Waals surface area contributed by atoms with Crippen LogP contribution in [0.4, 0.5) is 0 Å². The molecule has 2 heterocycles. The van der Waals surface area contributed by atoms with Crippen LogP contribution >= 0.6 is 0 Å². The van der Waals surface area contributed by atoms with Crippen LogP contribution in [0.3, 0.4) is 0 Å². The van der Waals surface area contributed by atoms with Crippen LogP contribution in [-0.2, 0) is 0 Å². The van der Waals surface area contributed by atoms with Gasteiger partial charge in [0.1, 0.15) is 0 Å². The number of hydrogen-bond acceptors (Lipinski definition) is 1. The monoisotopic (exact) mass is 422 g/mol. The summed E-state index contributed by atoms with van der Waals surface area (Å²) in [5, 5.41) is 10.9. The number of fused-ring (bicyclic) bond motifs is 6. The molecule has 0 bridgehead atoms. The van der Waals surface area contributed by atoms with E-state index < -0.39 is 0 Å². The Labute approximate surface area is 192 Å². The number of hydrogen-bond donors (Lipinski definition) is 1. The Morgan fingerprint density at radius 2 is 1.39 bits per heavy atom. The Bertz CT molecular complexity index is 1760. The maximum atomic E-state index is 3.26. The van der Waals surface area contributed by atoms with Crippen LogP contribution in [-0.4, -0.2) is 11.1 Å². The van der Waals surface area contributed by atoms with Crippen molar-refractivity contribution in [1.82, 2.24) is 9.88 Å². The molecule has 1 aliphatic rings. The molecular weight excluding hydrogens is 400 g/mol. The van der Waals surface area contributed by atoms with Crippen molar-refractivity contribution in [1.29, 1.82) is 0 Å². The van der Waals surface area contributed by atoms with Gasteiger partial charge in [-0.1, -0.05) is 91.0 Å². The molecular formula is C31H22N2. The number of dihydropyridines is 1. The summed E-state index contributed by atoms with van der Waals surface area (Å²) in [6.07, 6.45) is 6.44. The molecule has 0 radical (unpaired) electrons. The zero-order valence-electron chi connectivity index (χ0n) is 18.1. The zero-order chi connectivity index (χ0) is 21.8. The second-order valence-electron chi connectivity index (χ2n) is 8.65. The van der Waals surface area contributed by atoms with E-state index >= 15 is 0 Å². The maximum absolute atomic E-state index is 3.26. The smallest absolute Gasteiger partial charge is 0.0619 e. The van der Waals surface area contributed by atoms with Crippen LogP contribution in [0.1, 0.15) is 5.56 Å². The highest BCUT2D eigenvalue weighted by Crippen LogP contribution is 2.39. The van der Waals surface area contributed by atoms with Crippen molar-refractivity contribution >= 4 is 48.9 Å². The lowest BCUT2D eigenvalue weighted by molar-refractivity contribution is 0.976. The average molecular weight is 423 g/mol. The van der Waals surface area contributed by atoms with E-state index in [9.17, 15) is 0 Å². The topological polar surface area (TPSA) is 17.0 Å². The molecule has 0 amide bonds. The van der Waals surface area contributed by atoms with E-state index in [-0.39, 0.29) is 0 Å². The van der Waals surface area contributed by atoms with Crippen molar-refractivity contribution in [3.63, 3.8) is 0 Å². The van der Waals surface area contributed by atoms with E-state index in [1.165, 1.54) is 60.2 Å². The van der Waals surface area contributed by atoms with Gasteiger partial charge in [0.15, 0.2) is 0 Å². The molecule has 0 saturated carbocycles. The molecule has 0 spiro atoms. The van der Waals surface area contributed by atoms with Crippen LogP contribution in [0, 0.1) is 0 Å². The highest BCUT2D eigenvalue weighted by molar-refractivity contribution is 6.19. The summed E-state index contributed by atoms with van der Waals surface area (Å²) in [6, 6.07) is 35.4. The predicted octanol–water partition coefficient (Wildman–Crippen LogP) is 7.59. The predicted molar refractivity (Wildman–Crippen MR) is 141 cm³/mol. The largest absolute Gasteiger partial charge is 0.387 e. The van der Waals surface area contributed by atoms with Crippen molar-refractivity contribution in [3.05, 3.63) is 121 Å². The number of benzene rings is 5. The van der Waals surface area contributed by atoms with Crippen molar-refractivity contribution in [2.75, 3.05) is 6.54 Å². The SMILES string of the molecule is C1=CC(c2ccc3c4ccc5ccccc5c4n(-c4cccc5ccccc45)c3c2)=CCN1. The highest BCUT2D eigenvalue weighted by Gasteiger charge is 2.17. The molecule has 0 atom stereocenters. The second-order valence-corrected chi connectivity index (χ2v) is 8.65. The highest BCUT2D eigenvalue weighted by atomic mass is 15.0. The fourth-order valence-electron chi connectivity index (χ4n) is 5.28. The van der Waals surface area contributed by atoms with Gasteiger partial charge in [-0.25, -0.2) is 0 Å². The van der Waals surface area contributed by atoms with Gasteiger partial charge in [0.05, 0.1) is 16.7 Å². The van der Waals surface area contributed by atoms with Crippen LogP contribution < -0.4 is 5.32 Å². The number of allylic oxidation sites excluding steroid dienone is 2. The Balaban J connectivity index is 1.68. The summed E-state index contributed by atoms with van der Waals surface area (Å²) in [4.78, 5) is 0. The molecule has 6 aromatic rings. The van der Waals surface area contributed by atoms with Crippen LogP contribution in [0.2, 0.25) is 0 Å². The molecule has 5 aromatic carbocycles. The Morgan fingerprint density at radius 1 is 0.636 bits per heavy atom. The van der Waals surface area contributed by atoms with E-state index in [1.54, 1.807) is 0 Å². The summed E-state index contributed by atoms with van der Waals surface area (Å²) in [5.41, 5.74) is 6.23. The van der Waals surface area contributed by atoms with Gasteiger partial charge in [-0.2, -0.15) is 0 Å². The van der Waals surface area contributed by atoms with Crippen LogP contribution in [0.15, 0.2) is 115 Å². The number of nitrogens with one attached hydrogen (secondary N) is 1. The fraction of sp³-hybridized carbons (Fsp3) is 0.0323. The first-order valence-electron chi connectivity index (χ1n) is 11.4. The molecule has 1 aromatic heterocycles. The van der Waals surface area contributed by atoms with Gasteiger partial charge < -0.3 is 9.88 Å². The quantitative estimate of drug-likeness (QED) is 0.304. The minimum absolute atomic E-state index is 0.862. The normalized spacial score (nSPS) is 13.6. The molecule has 7 rings (SSSR count). The number of nitrogens with zero attached hydrogens (tertiary/aromatic N) is 1. The zero-order valence-corrected chi connectivity index (χ0v) is 18.1. The van der Waals surface area contributed by atoms with Gasteiger partial charge in [-0.05, 0) is 46.3 Å². The van der Waals surface area contributed by atoms with Gasteiger partial charge >= 0.3 is 0 Å². The lowest BCUT2D eigenvalue weighted by Gasteiger charge is -2.14. The minimum Gasteiger partial charge on any atom is -0.387 e. The van der Waals surface area contributed by atoms with Gasteiger partial charge in [-0.3, -0.25) is 0 Å². The van der Waals surface area contributed by atoms with Gasteiger partial charge in [-0.15, -0.1) is 0 Å². The summed E-state index contributed by atoms with van der Waals surface area (Å²) >= 11 is 0. The lowest BCUT2D eigenvalue weighted by Crippen LogP contribution is -2.08. The minimum atomic E-state index is 0.862. The Kier molecular flexibility index (Phi) is 3.94. The van der Waals surface area contributed by atoms with Gasteiger partial charge in [0.2, 0.25) is 0 Å². The first-order chi connectivity index (χ1) is 16.4. The molecule has 156 valence electrons. The summed E-state index contributed by atoms with van der Waals surface area (Å²) < 4.78 is 2.48. The molecule has 0 fully saturated rings. The van der Waals surface area contributed by atoms with Gasteiger partial charge in [0, 0.05) is 28.1 Å². The van der Waals surface area contributed by atoms with E-state index in [0.717, 1.165) is 6.54 Å². The lowest BCUT2D eigenvalue weighted by atomic mass is 10.0. The Hall–Kier alpha value is -4.30. The third kappa shape index (κ3) is 2.74. The third-order valence-electron chi connectivity index (χ3n) is 6.81. The molecule has 0 aliphatic carbocycles. The summed E-state index contributed by atoms with van der Waals surface area (Å²) in [5.74, 6) is 0. The van der Waals surface area contributed by atoms with Crippen LogP contribution in [0.5, 0.6) is 0 Å². The molecule has 1 N–H and O–H groups in total. The fourth-order valence-corrected chi connectivity index (χ4v) is 5.28. The van der Waals surface area contributed by atoms with E-state index in [0.29, 0.717) is 0 Å². The van der Waals surface area contributed by atoms with Crippen molar-refractivity contribution in [2.45, 2.75) is 0 Å². The third-order valence-corrected chi connectivity index (χ3v) is 6.81. The molecule has 2 nitrogen and oxygen atoms in total. The number of aromatic nitrogens is 1. The van der Waals surface area contributed by atoms with Gasteiger partial charge in [0.25, 0.3) is 0 Å². The van der Waals surface area contributed by atoms with E-state index in [2.05, 4.69) is 119 Å². The maximum Gasteiger partial charge on any atom is 0.0619 e. The molecule has 1 aliphatic heterocycles. The number of rotatable bonds is 2. The van der Waals surface area contributed by atoms with E-state index in [1.807, 2.05) is 6.20 Å². The summed E-state index contributed by atoms with van der Waals surface area (Å²) in [7, 11) is 0. The van der Waals surface area contributed by atoms with Crippen molar-refractivity contribution < 1.29 is 0 Å². The molecule has 0 saturated heterocycles. The van der Waals surface area contributed by atoms with Crippen molar-refractivity contribution in [2.24, 2.45) is 0 Å². The summed E-state index contributed by atoms with van der Waals surface area (Å²) in [6.45, 7) is 0.862.